The maximum absolute atomic E-state index is 14.9. The van der Waals surface area contributed by atoms with Gasteiger partial charge in [-0.05, 0) is 60.6 Å². The molecular weight excluding hydrogens is 573 g/mol. The first-order valence-corrected chi connectivity index (χ1v) is 15.0. The highest BCUT2D eigenvalue weighted by Crippen LogP contribution is 2.33. The second kappa shape index (κ2) is 13.6. The number of halogens is 2. The van der Waals surface area contributed by atoms with Gasteiger partial charge in [0.05, 0.1) is 30.3 Å². The number of hydrogen-bond donors (Lipinski definition) is 1. The van der Waals surface area contributed by atoms with Gasteiger partial charge in [0, 0.05) is 6.92 Å². The van der Waals surface area contributed by atoms with Crippen LogP contribution in [0, 0.1) is 11.7 Å². The number of carbonyl (C=O) groups excluding carboxylic acids is 4. The summed E-state index contributed by atoms with van der Waals surface area (Å²) in [6.07, 6.45) is -1.81. The van der Waals surface area contributed by atoms with Crippen LogP contribution in [0.1, 0.15) is 51.5 Å². The molecule has 2 atom stereocenters. The highest BCUT2D eigenvalue weighted by atomic mass is 35.5. The van der Waals surface area contributed by atoms with Crippen molar-refractivity contribution in [2.24, 2.45) is 5.92 Å². The van der Waals surface area contributed by atoms with Crippen LogP contribution >= 0.6 is 11.8 Å². The molecule has 40 heavy (non-hydrogen) atoms. The molecule has 1 aromatic carbocycles. The van der Waals surface area contributed by atoms with E-state index < -0.39 is 58.7 Å². The molecule has 0 aliphatic carbocycles. The topological polar surface area (TPSA) is 149 Å². The molecule has 0 aromatic heterocycles. The predicted octanol–water partition coefficient (Wildman–Crippen LogP) is 3.09. The summed E-state index contributed by atoms with van der Waals surface area (Å²) in [6, 6.07) is 3.43. The summed E-state index contributed by atoms with van der Waals surface area (Å²) in [7, 11) is -3.09. The minimum Gasteiger partial charge on any atom is -0.442 e. The summed E-state index contributed by atoms with van der Waals surface area (Å²) in [4.78, 5) is 53.4. The number of sulfone groups is 1. The number of benzene rings is 1. The molecule has 0 radical (unpaired) electrons. The molecule has 0 spiro atoms. The molecule has 2 heterocycles. The zero-order chi connectivity index (χ0) is 29.6. The van der Waals surface area contributed by atoms with Crippen molar-refractivity contribution in [3.63, 3.8) is 0 Å². The van der Waals surface area contributed by atoms with Gasteiger partial charge in [0.15, 0.2) is 0 Å². The standard InChI is InChI=1S/C25H33ClFN3O9S/c1-15(2)10-22(28-26)23(32)37-14-38-24(33)29(16(3)31)12-19-13-30(25(34)39-19)18-4-5-20(21(27)11-18)17-6-8-40(35,36)9-7-17/h4-5,11,15,17,19,22,28H,6-10,12-14H2,1-3H3/t19-,22-/m0/s1. The largest absolute Gasteiger partial charge is 0.442 e. The molecule has 3 rings (SSSR count). The molecule has 0 unspecified atom stereocenters. The maximum atomic E-state index is 14.9. The monoisotopic (exact) mass is 605 g/mol. The highest BCUT2D eigenvalue weighted by Gasteiger charge is 2.37. The highest BCUT2D eigenvalue weighted by molar-refractivity contribution is 7.91. The van der Waals surface area contributed by atoms with Crippen molar-refractivity contribution in [1.29, 1.82) is 0 Å². The van der Waals surface area contributed by atoms with Gasteiger partial charge in [0.2, 0.25) is 12.7 Å². The lowest BCUT2D eigenvalue weighted by Gasteiger charge is -2.23. The van der Waals surface area contributed by atoms with Crippen LogP contribution in [0.5, 0.6) is 0 Å². The van der Waals surface area contributed by atoms with Gasteiger partial charge in [-0.1, -0.05) is 19.9 Å². The van der Waals surface area contributed by atoms with Gasteiger partial charge in [0.1, 0.15) is 27.8 Å². The summed E-state index contributed by atoms with van der Waals surface area (Å²) in [5.41, 5.74) is 0.594. The van der Waals surface area contributed by atoms with Crippen molar-refractivity contribution in [3.05, 3.63) is 29.6 Å². The lowest BCUT2D eigenvalue weighted by Crippen LogP contribution is -2.43. The number of ether oxygens (including phenoxy) is 3. The second-order valence-corrected chi connectivity index (χ2v) is 12.7. The Morgan fingerprint density at radius 1 is 1.23 bits per heavy atom. The van der Waals surface area contributed by atoms with E-state index in [1.807, 2.05) is 13.8 Å². The predicted molar refractivity (Wildman–Crippen MR) is 142 cm³/mol. The van der Waals surface area contributed by atoms with Gasteiger partial charge < -0.3 is 14.2 Å². The molecule has 2 aliphatic heterocycles. The Balaban J connectivity index is 1.57. The zero-order valence-electron chi connectivity index (χ0n) is 22.4. The SMILES string of the molecule is CC(=O)N(C[C@H]1CN(c2ccc(C3CCS(=O)(=O)CC3)c(F)c2)C(=O)O1)C(=O)OCOC(=O)[C@H](CC(C)C)NCl. The van der Waals surface area contributed by atoms with Gasteiger partial charge in [-0.15, -0.1) is 0 Å². The van der Waals surface area contributed by atoms with E-state index in [0.29, 0.717) is 29.7 Å². The molecule has 222 valence electrons. The number of anilines is 1. The Hall–Kier alpha value is -2.97. The number of rotatable bonds is 10. The average molecular weight is 606 g/mol. The molecule has 3 amide bonds. The second-order valence-electron chi connectivity index (χ2n) is 10.2. The third-order valence-electron chi connectivity index (χ3n) is 6.66. The molecule has 15 heteroatoms. The van der Waals surface area contributed by atoms with Gasteiger partial charge in [-0.25, -0.2) is 32.1 Å². The Morgan fingerprint density at radius 2 is 1.90 bits per heavy atom. The number of hydrogen-bond acceptors (Lipinski definition) is 10. The quantitative estimate of drug-likeness (QED) is 0.239. The lowest BCUT2D eigenvalue weighted by atomic mass is 9.93. The summed E-state index contributed by atoms with van der Waals surface area (Å²) in [5.74, 6) is -2.10. The van der Waals surface area contributed by atoms with E-state index in [1.165, 1.54) is 17.0 Å². The minimum atomic E-state index is -3.09. The van der Waals surface area contributed by atoms with Crippen LogP contribution in [0.3, 0.4) is 0 Å². The Kier molecular flexibility index (Phi) is 10.7. The number of amides is 3. The number of carbonyl (C=O) groups is 4. The molecule has 0 bridgehead atoms. The zero-order valence-corrected chi connectivity index (χ0v) is 24.0. The summed E-state index contributed by atoms with van der Waals surface area (Å²) >= 11 is 5.57. The maximum Gasteiger partial charge on any atom is 0.419 e. The molecule has 1 aromatic rings. The fourth-order valence-electron chi connectivity index (χ4n) is 4.55. The van der Waals surface area contributed by atoms with Gasteiger partial charge in [0.25, 0.3) is 0 Å². The number of esters is 1. The number of nitrogens with zero attached hydrogens (tertiary/aromatic N) is 2. The first kappa shape index (κ1) is 31.6. The Labute approximate surface area is 237 Å². The fourth-order valence-corrected chi connectivity index (χ4v) is 6.22. The van der Waals surface area contributed by atoms with Crippen LogP contribution in [0.2, 0.25) is 0 Å². The van der Waals surface area contributed by atoms with Crippen LogP contribution in [0.4, 0.5) is 19.7 Å². The van der Waals surface area contributed by atoms with Crippen LogP contribution in [0.25, 0.3) is 0 Å². The number of nitrogens with one attached hydrogen (secondary N) is 1. The van der Waals surface area contributed by atoms with Gasteiger partial charge in [-0.2, -0.15) is 0 Å². The van der Waals surface area contributed by atoms with Crippen LogP contribution in [-0.2, 0) is 33.6 Å². The lowest BCUT2D eigenvalue weighted by molar-refractivity contribution is -0.155. The first-order valence-electron chi connectivity index (χ1n) is 12.8. The smallest absolute Gasteiger partial charge is 0.419 e. The molecule has 2 fully saturated rings. The number of imide groups is 1. The van der Waals surface area contributed by atoms with E-state index >= 15 is 0 Å². The molecule has 2 aliphatic rings. The van der Waals surface area contributed by atoms with E-state index in [1.54, 1.807) is 6.07 Å². The third-order valence-corrected chi connectivity index (χ3v) is 8.64. The molecule has 12 nitrogen and oxygen atoms in total. The van der Waals surface area contributed by atoms with E-state index in [2.05, 4.69) is 4.84 Å². The van der Waals surface area contributed by atoms with Crippen molar-refractivity contribution >= 4 is 51.4 Å². The minimum absolute atomic E-state index is 0.000213. The first-order chi connectivity index (χ1) is 18.8. The fraction of sp³-hybridized carbons (Fsp3) is 0.600. The molecule has 0 saturated carbocycles. The number of cyclic esters (lactones) is 1. The summed E-state index contributed by atoms with van der Waals surface area (Å²) in [6.45, 7) is 3.70. The van der Waals surface area contributed by atoms with E-state index in [0.717, 1.165) is 6.92 Å². The normalized spacial score (nSPS) is 19.7. The molecular formula is C25H33ClFN3O9S. The Morgan fingerprint density at radius 3 is 2.48 bits per heavy atom. The van der Waals surface area contributed by atoms with Crippen molar-refractivity contribution in [1.82, 2.24) is 9.74 Å². The van der Waals surface area contributed by atoms with Crippen LogP contribution in [0.15, 0.2) is 18.2 Å². The molecule has 1 N–H and O–H groups in total. The van der Waals surface area contributed by atoms with Crippen molar-refractivity contribution in [3.8, 4) is 0 Å². The van der Waals surface area contributed by atoms with Gasteiger partial charge >= 0.3 is 18.2 Å². The van der Waals surface area contributed by atoms with Crippen LogP contribution < -0.4 is 9.74 Å². The summed E-state index contributed by atoms with van der Waals surface area (Å²) in [5, 5.41) is 0. The van der Waals surface area contributed by atoms with E-state index in [-0.39, 0.29) is 42.1 Å². The summed E-state index contributed by atoms with van der Waals surface area (Å²) < 4.78 is 53.4. The average Bonchev–Trinajstić information content (AvgIpc) is 3.25. The molecule has 2 saturated heterocycles. The van der Waals surface area contributed by atoms with Crippen LogP contribution in [-0.4, -0.2) is 80.9 Å². The Bertz CT molecular complexity index is 1220. The van der Waals surface area contributed by atoms with Gasteiger partial charge in [-0.3, -0.25) is 14.5 Å². The van der Waals surface area contributed by atoms with E-state index in [4.69, 9.17) is 26.0 Å². The third kappa shape index (κ3) is 8.27. The van der Waals surface area contributed by atoms with E-state index in [9.17, 15) is 32.0 Å². The van der Waals surface area contributed by atoms with Crippen molar-refractivity contribution < 1.29 is 46.2 Å². The van der Waals surface area contributed by atoms with Crippen molar-refractivity contribution in [2.45, 2.75) is 58.1 Å². The van der Waals surface area contributed by atoms with Crippen molar-refractivity contribution in [2.75, 3.05) is 36.3 Å².